The number of carbonyl (C=O) groups is 3. The summed E-state index contributed by atoms with van der Waals surface area (Å²) < 4.78 is 0. The monoisotopic (exact) mass is 362 g/mol. The first-order chi connectivity index (χ1) is 11.3. The van der Waals surface area contributed by atoms with E-state index in [1.54, 1.807) is 6.92 Å². The number of unbranched alkanes of at least 4 members (excludes halogenated alkanes) is 1. The van der Waals surface area contributed by atoms with Crippen molar-refractivity contribution in [2.75, 3.05) is 12.3 Å². The van der Waals surface area contributed by atoms with Gasteiger partial charge >= 0.3 is 5.97 Å². The van der Waals surface area contributed by atoms with Crippen LogP contribution < -0.4 is 22.1 Å². The van der Waals surface area contributed by atoms with E-state index in [9.17, 15) is 19.5 Å². The highest BCUT2D eigenvalue weighted by Crippen LogP contribution is 2.09. The Kier molecular flexibility index (Phi) is 11.4. The second-order valence-corrected chi connectivity index (χ2v) is 6.21. The van der Waals surface area contributed by atoms with Gasteiger partial charge in [-0.15, -0.1) is 0 Å². The fourth-order valence-corrected chi connectivity index (χ4v) is 2.23. The van der Waals surface area contributed by atoms with Gasteiger partial charge in [0.1, 0.15) is 12.1 Å². The van der Waals surface area contributed by atoms with Gasteiger partial charge in [-0.05, 0) is 31.7 Å². The topological polar surface area (TPSA) is 148 Å². The van der Waals surface area contributed by atoms with Gasteiger partial charge in [0.25, 0.3) is 0 Å². The van der Waals surface area contributed by atoms with Crippen LogP contribution in [0.5, 0.6) is 0 Å². The number of nitrogens with one attached hydrogen (secondary N) is 2. The van der Waals surface area contributed by atoms with Crippen molar-refractivity contribution in [3.63, 3.8) is 0 Å². The SMILES string of the molecule is CC[C@H](C)[C@H](NC(=O)[C@H](CCCCN)NC(=O)[C@@H](N)CS)C(=O)O. The maximum Gasteiger partial charge on any atom is 0.326 e. The van der Waals surface area contributed by atoms with Crippen LogP contribution in [0.4, 0.5) is 0 Å². The fraction of sp³-hybridized carbons (Fsp3) is 0.800. The maximum atomic E-state index is 12.4. The number of rotatable bonds is 12. The molecule has 140 valence electrons. The summed E-state index contributed by atoms with van der Waals surface area (Å²) in [5, 5.41) is 14.4. The van der Waals surface area contributed by atoms with Crippen molar-refractivity contribution in [1.29, 1.82) is 0 Å². The van der Waals surface area contributed by atoms with Crippen LogP contribution in [-0.2, 0) is 14.4 Å². The Hall–Kier alpha value is -1.32. The van der Waals surface area contributed by atoms with Crippen molar-refractivity contribution in [3.05, 3.63) is 0 Å². The third-order valence-electron chi connectivity index (χ3n) is 3.89. The predicted octanol–water partition coefficient (Wildman–Crippen LogP) is -0.527. The maximum absolute atomic E-state index is 12.4. The van der Waals surface area contributed by atoms with Crippen LogP contribution in [0, 0.1) is 5.92 Å². The third kappa shape index (κ3) is 7.98. The number of thiol groups is 1. The smallest absolute Gasteiger partial charge is 0.326 e. The minimum absolute atomic E-state index is 0.146. The molecule has 8 nitrogen and oxygen atoms in total. The average Bonchev–Trinajstić information content (AvgIpc) is 2.56. The third-order valence-corrected chi connectivity index (χ3v) is 4.28. The van der Waals surface area contributed by atoms with Crippen molar-refractivity contribution in [2.24, 2.45) is 17.4 Å². The number of aliphatic carboxylic acids is 1. The summed E-state index contributed by atoms with van der Waals surface area (Å²) in [6, 6.07) is -2.68. The van der Waals surface area contributed by atoms with Crippen molar-refractivity contribution < 1.29 is 19.5 Å². The van der Waals surface area contributed by atoms with Crippen molar-refractivity contribution >= 4 is 30.4 Å². The van der Waals surface area contributed by atoms with E-state index >= 15 is 0 Å². The molecule has 0 saturated heterocycles. The molecular formula is C15H30N4O4S. The number of carboxylic acids is 1. The summed E-state index contributed by atoms with van der Waals surface area (Å²) in [5.74, 6) is -2.20. The van der Waals surface area contributed by atoms with Crippen LogP contribution in [0.15, 0.2) is 0 Å². The summed E-state index contributed by atoms with van der Waals surface area (Å²) in [6.07, 6.45) is 2.30. The summed E-state index contributed by atoms with van der Waals surface area (Å²) >= 11 is 3.96. The molecule has 0 aliphatic heterocycles. The molecule has 0 radical (unpaired) electrons. The van der Waals surface area contributed by atoms with E-state index in [1.165, 1.54) is 0 Å². The molecule has 0 heterocycles. The zero-order valence-electron chi connectivity index (χ0n) is 14.3. The van der Waals surface area contributed by atoms with Crippen molar-refractivity contribution in [3.8, 4) is 0 Å². The highest BCUT2D eigenvalue weighted by atomic mass is 32.1. The molecule has 0 bridgehead atoms. The minimum atomic E-state index is -1.10. The molecule has 0 aromatic heterocycles. The molecule has 0 spiro atoms. The molecule has 9 heteroatoms. The first kappa shape index (κ1) is 22.7. The lowest BCUT2D eigenvalue weighted by atomic mass is 9.98. The number of nitrogens with two attached hydrogens (primary N) is 2. The van der Waals surface area contributed by atoms with Crippen LogP contribution in [0.25, 0.3) is 0 Å². The molecule has 0 aromatic rings. The molecule has 0 saturated carbocycles. The Bertz CT molecular complexity index is 422. The zero-order valence-corrected chi connectivity index (χ0v) is 15.2. The lowest BCUT2D eigenvalue weighted by Crippen LogP contribution is -2.55. The van der Waals surface area contributed by atoms with Gasteiger partial charge in [-0.3, -0.25) is 9.59 Å². The number of amides is 2. The molecule has 24 heavy (non-hydrogen) atoms. The van der Waals surface area contributed by atoms with Crippen LogP contribution >= 0.6 is 12.6 Å². The zero-order chi connectivity index (χ0) is 18.7. The Morgan fingerprint density at radius 2 is 1.79 bits per heavy atom. The van der Waals surface area contributed by atoms with Gasteiger partial charge < -0.3 is 27.2 Å². The van der Waals surface area contributed by atoms with E-state index in [0.29, 0.717) is 32.2 Å². The minimum Gasteiger partial charge on any atom is -0.480 e. The Morgan fingerprint density at radius 1 is 1.17 bits per heavy atom. The normalized spacial score (nSPS) is 15.9. The Morgan fingerprint density at radius 3 is 2.25 bits per heavy atom. The van der Waals surface area contributed by atoms with Crippen LogP contribution in [0.3, 0.4) is 0 Å². The quantitative estimate of drug-likeness (QED) is 0.203. The van der Waals surface area contributed by atoms with Gasteiger partial charge in [0.2, 0.25) is 11.8 Å². The van der Waals surface area contributed by atoms with E-state index in [-0.39, 0.29) is 11.7 Å². The van der Waals surface area contributed by atoms with E-state index in [2.05, 4.69) is 23.3 Å². The summed E-state index contributed by atoms with van der Waals surface area (Å²) in [5.41, 5.74) is 11.0. The number of hydrogen-bond acceptors (Lipinski definition) is 6. The Balaban J connectivity index is 4.99. The van der Waals surface area contributed by atoms with Crippen LogP contribution in [-0.4, -0.2) is 53.3 Å². The fourth-order valence-electron chi connectivity index (χ4n) is 2.06. The van der Waals surface area contributed by atoms with Crippen LogP contribution in [0.1, 0.15) is 39.5 Å². The van der Waals surface area contributed by atoms with Gasteiger partial charge in [0.05, 0.1) is 6.04 Å². The molecule has 0 rings (SSSR count). The molecule has 0 aliphatic carbocycles. The van der Waals surface area contributed by atoms with Gasteiger partial charge in [0.15, 0.2) is 0 Å². The standard InChI is InChI=1S/C15H30N4O4S/c1-3-9(2)12(15(22)23)19-14(21)11(6-4-5-7-16)18-13(20)10(17)8-24/h9-12,24H,3-8,16-17H2,1-2H3,(H,18,20)(H,19,21)(H,22,23)/t9-,10-,11-,12-/m0/s1. The van der Waals surface area contributed by atoms with E-state index in [1.807, 2.05) is 6.92 Å². The molecule has 0 aromatic carbocycles. The number of hydrogen-bond donors (Lipinski definition) is 6. The van der Waals surface area contributed by atoms with E-state index in [4.69, 9.17) is 11.5 Å². The summed E-state index contributed by atoms with van der Waals surface area (Å²) in [4.78, 5) is 35.7. The number of carboxylic acid groups (broad SMARTS) is 1. The lowest BCUT2D eigenvalue weighted by molar-refractivity contribution is -0.143. The molecule has 0 fully saturated rings. The highest BCUT2D eigenvalue weighted by Gasteiger charge is 2.29. The molecule has 2 amide bonds. The molecule has 0 aliphatic rings. The highest BCUT2D eigenvalue weighted by molar-refractivity contribution is 7.80. The Labute approximate surface area is 148 Å². The average molecular weight is 362 g/mol. The van der Waals surface area contributed by atoms with Gasteiger partial charge in [-0.25, -0.2) is 4.79 Å². The van der Waals surface area contributed by atoms with Crippen molar-refractivity contribution in [2.45, 2.75) is 57.7 Å². The van der Waals surface area contributed by atoms with Gasteiger partial charge in [-0.1, -0.05) is 20.3 Å². The lowest BCUT2D eigenvalue weighted by Gasteiger charge is -2.25. The summed E-state index contributed by atoms with van der Waals surface area (Å²) in [7, 11) is 0. The first-order valence-electron chi connectivity index (χ1n) is 8.18. The van der Waals surface area contributed by atoms with Gasteiger partial charge in [-0.2, -0.15) is 12.6 Å². The van der Waals surface area contributed by atoms with E-state index < -0.39 is 35.9 Å². The summed E-state index contributed by atoms with van der Waals surface area (Å²) in [6.45, 7) is 4.07. The predicted molar refractivity (Wildman–Crippen MR) is 95.7 cm³/mol. The van der Waals surface area contributed by atoms with Crippen molar-refractivity contribution in [1.82, 2.24) is 10.6 Å². The second-order valence-electron chi connectivity index (χ2n) is 5.84. The molecule has 4 atom stereocenters. The largest absolute Gasteiger partial charge is 0.480 e. The molecule has 0 unspecified atom stereocenters. The van der Waals surface area contributed by atoms with E-state index in [0.717, 1.165) is 0 Å². The first-order valence-corrected chi connectivity index (χ1v) is 8.81. The second kappa shape index (κ2) is 12.1. The molecular weight excluding hydrogens is 332 g/mol. The number of carbonyl (C=O) groups excluding carboxylic acids is 2. The van der Waals surface area contributed by atoms with Gasteiger partial charge in [0, 0.05) is 5.75 Å². The van der Waals surface area contributed by atoms with Crippen LogP contribution in [0.2, 0.25) is 0 Å². The molecule has 7 N–H and O–H groups in total.